The van der Waals surface area contributed by atoms with Gasteiger partial charge in [-0.25, -0.2) is 9.97 Å². The molecule has 1 unspecified atom stereocenters. The van der Waals surface area contributed by atoms with Gasteiger partial charge in [-0.1, -0.05) is 0 Å². The zero-order valence-electron chi connectivity index (χ0n) is 12.0. The number of thiophene rings is 1. The molecule has 0 bridgehead atoms. The highest BCUT2D eigenvalue weighted by atomic mass is 32.1. The van der Waals surface area contributed by atoms with Gasteiger partial charge in [0.1, 0.15) is 5.52 Å². The van der Waals surface area contributed by atoms with Crippen LogP contribution in [0, 0.1) is 6.92 Å². The monoisotopic (exact) mass is 298 g/mol. The number of fused-ring (bicyclic) bond motifs is 1. The highest BCUT2D eigenvalue weighted by molar-refractivity contribution is 7.15. The van der Waals surface area contributed by atoms with Gasteiger partial charge in [0, 0.05) is 23.7 Å². The van der Waals surface area contributed by atoms with Crippen LogP contribution in [0.3, 0.4) is 0 Å². The smallest absolute Gasteiger partial charge is 0.160 e. The Balaban J connectivity index is 1.84. The summed E-state index contributed by atoms with van der Waals surface area (Å²) in [6, 6.07) is 8.86. The number of nitrogens with one attached hydrogen (secondary N) is 1. The number of rotatable bonds is 3. The van der Waals surface area contributed by atoms with Crippen molar-refractivity contribution in [3.8, 4) is 10.7 Å². The van der Waals surface area contributed by atoms with Crippen molar-refractivity contribution in [3.63, 3.8) is 0 Å². The molecule has 4 rings (SSSR count). The molecule has 4 nitrogen and oxygen atoms in total. The minimum absolute atomic E-state index is 0.532. The molecule has 1 saturated heterocycles. The number of imidazole rings is 1. The molecule has 0 spiro atoms. The Morgan fingerprint density at radius 1 is 1.38 bits per heavy atom. The summed E-state index contributed by atoms with van der Waals surface area (Å²) in [5.41, 5.74) is 1.98. The molecule has 21 heavy (non-hydrogen) atoms. The molecule has 1 N–H and O–H groups in total. The second-order valence-corrected chi connectivity index (χ2v) is 6.88. The van der Waals surface area contributed by atoms with Gasteiger partial charge in [0.05, 0.1) is 4.88 Å². The summed E-state index contributed by atoms with van der Waals surface area (Å²) in [5, 5.41) is 3.57. The van der Waals surface area contributed by atoms with Gasteiger partial charge >= 0.3 is 0 Å². The first-order valence-electron chi connectivity index (χ1n) is 7.43. The Morgan fingerprint density at radius 2 is 2.33 bits per heavy atom. The van der Waals surface area contributed by atoms with Crippen molar-refractivity contribution in [3.05, 3.63) is 35.3 Å². The lowest BCUT2D eigenvalue weighted by Crippen LogP contribution is -2.27. The minimum atomic E-state index is 0.532. The Morgan fingerprint density at radius 3 is 3.10 bits per heavy atom. The molecule has 0 amide bonds. The predicted molar refractivity (Wildman–Crippen MR) is 86.6 cm³/mol. The van der Waals surface area contributed by atoms with Gasteiger partial charge in [-0.3, -0.25) is 0 Å². The first-order chi connectivity index (χ1) is 10.3. The van der Waals surface area contributed by atoms with Gasteiger partial charge < -0.3 is 9.88 Å². The topological polar surface area (TPSA) is 42.7 Å². The zero-order valence-corrected chi connectivity index (χ0v) is 12.9. The van der Waals surface area contributed by atoms with Gasteiger partial charge in [0.25, 0.3) is 0 Å². The Labute approximate surface area is 127 Å². The minimum Gasteiger partial charge on any atom is -0.312 e. The van der Waals surface area contributed by atoms with Crippen LogP contribution in [0.1, 0.15) is 17.7 Å². The van der Waals surface area contributed by atoms with Crippen LogP contribution in [0.4, 0.5) is 0 Å². The van der Waals surface area contributed by atoms with Crippen LogP contribution >= 0.6 is 11.3 Å². The molecule has 1 atom stereocenters. The van der Waals surface area contributed by atoms with Gasteiger partial charge in [0.15, 0.2) is 11.5 Å². The van der Waals surface area contributed by atoms with Crippen LogP contribution in [-0.4, -0.2) is 27.1 Å². The number of pyridine rings is 1. The standard InChI is InChI=1S/C16H18N4S/c1-11-6-7-14(21-11)16-19-13-5-3-9-18-15(13)20(16)10-12-4-2-8-17-12/h3,5-7,9,12,17H,2,4,8,10H2,1H3. The lowest BCUT2D eigenvalue weighted by atomic mass is 10.2. The van der Waals surface area contributed by atoms with Crippen molar-refractivity contribution < 1.29 is 0 Å². The first kappa shape index (κ1) is 13.0. The lowest BCUT2D eigenvalue weighted by Gasteiger charge is -2.13. The summed E-state index contributed by atoms with van der Waals surface area (Å²) in [4.78, 5) is 11.9. The van der Waals surface area contributed by atoms with Crippen LogP contribution in [-0.2, 0) is 6.54 Å². The van der Waals surface area contributed by atoms with Gasteiger partial charge in [-0.2, -0.15) is 0 Å². The van der Waals surface area contributed by atoms with Crippen molar-refractivity contribution in [2.45, 2.75) is 32.4 Å². The molecule has 0 aliphatic carbocycles. The molecule has 0 saturated carbocycles. The van der Waals surface area contributed by atoms with Crippen LogP contribution in [0.25, 0.3) is 21.9 Å². The lowest BCUT2D eigenvalue weighted by molar-refractivity contribution is 0.518. The summed E-state index contributed by atoms with van der Waals surface area (Å²) in [7, 11) is 0. The molecule has 1 aliphatic rings. The fourth-order valence-electron chi connectivity index (χ4n) is 3.01. The number of aromatic nitrogens is 3. The van der Waals surface area contributed by atoms with Gasteiger partial charge in [-0.15, -0.1) is 11.3 Å². The molecule has 3 aromatic rings. The third-order valence-electron chi connectivity index (χ3n) is 4.03. The molecule has 0 aromatic carbocycles. The van der Waals surface area contributed by atoms with Crippen molar-refractivity contribution in [1.82, 2.24) is 19.9 Å². The number of aryl methyl sites for hydroxylation is 1. The first-order valence-corrected chi connectivity index (χ1v) is 8.24. The molecular formula is C16H18N4S. The van der Waals surface area contributed by atoms with E-state index in [0.717, 1.165) is 30.1 Å². The van der Waals surface area contributed by atoms with E-state index in [4.69, 9.17) is 4.98 Å². The van der Waals surface area contributed by atoms with Gasteiger partial charge in [0.2, 0.25) is 0 Å². The maximum atomic E-state index is 4.82. The van der Waals surface area contributed by atoms with Crippen LogP contribution in [0.5, 0.6) is 0 Å². The van der Waals surface area contributed by atoms with Crippen molar-refractivity contribution in [2.75, 3.05) is 6.54 Å². The zero-order chi connectivity index (χ0) is 14.2. The van der Waals surface area contributed by atoms with E-state index in [1.165, 1.54) is 22.6 Å². The summed E-state index contributed by atoms with van der Waals surface area (Å²) in [5.74, 6) is 1.05. The van der Waals surface area contributed by atoms with E-state index in [-0.39, 0.29) is 0 Å². The second kappa shape index (κ2) is 5.24. The largest absolute Gasteiger partial charge is 0.312 e. The quantitative estimate of drug-likeness (QED) is 0.807. The van der Waals surface area contributed by atoms with Crippen LogP contribution in [0.15, 0.2) is 30.5 Å². The van der Waals surface area contributed by atoms with Crippen molar-refractivity contribution in [2.24, 2.45) is 0 Å². The van der Waals surface area contributed by atoms with E-state index in [9.17, 15) is 0 Å². The third-order valence-corrected chi connectivity index (χ3v) is 5.03. The van der Waals surface area contributed by atoms with Crippen molar-refractivity contribution >= 4 is 22.5 Å². The predicted octanol–water partition coefficient (Wildman–Crippen LogP) is 3.22. The maximum absolute atomic E-state index is 4.82. The van der Waals surface area contributed by atoms with Crippen LogP contribution < -0.4 is 5.32 Å². The summed E-state index contributed by atoms with van der Waals surface area (Å²) >= 11 is 1.80. The molecule has 1 fully saturated rings. The molecule has 108 valence electrons. The fourth-order valence-corrected chi connectivity index (χ4v) is 3.87. The number of hydrogen-bond donors (Lipinski definition) is 1. The summed E-state index contributed by atoms with van der Waals surface area (Å²) in [6.45, 7) is 4.20. The number of hydrogen-bond acceptors (Lipinski definition) is 4. The highest BCUT2D eigenvalue weighted by Crippen LogP contribution is 2.30. The normalized spacial score (nSPS) is 18.6. The van der Waals surface area contributed by atoms with E-state index in [2.05, 4.69) is 33.9 Å². The third kappa shape index (κ3) is 2.36. The molecule has 1 aliphatic heterocycles. The van der Waals surface area contributed by atoms with E-state index < -0.39 is 0 Å². The molecule has 3 aromatic heterocycles. The Kier molecular flexibility index (Phi) is 3.24. The maximum Gasteiger partial charge on any atom is 0.160 e. The summed E-state index contributed by atoms with van der Waals surface area (Å²) < 4.78 is 2.28. The second-order valence-electron chi connectivity index (χ2n) is 5.60. The highest BCUT2D eigenvalue weighted by Gasteiger charge is 2.20. The van der Waals surface area contributed by atoms with Gasteiger partial charge in [-0.05, 0) is 50.6 Å². The van der Waals surface area contributed by atoms with E-state index in [0.29, 0.717) is 6.04 Å². The molecular weight excluding hydrogens is 280 g/mol. The Bertz CT molecular complexity index is 768. The number of nitrogens with zero attached hydrogens (tertiary/aromatic N) is 3. The van der Waals surface area contributed by atoms with Crippen LogP contribution in [0.2, 0.25) is 0 Å². The SMILES string of the molecule is Cc1ccc(-c2nc3cccnc3n2CC2CCCN2)s1. The fraction of sp³-hybridized carbons (Fsp3) is 0.375. The van der Waals surface area contributed by atoms with E-state index >= 15 is 0 Å². The molecule has 0 radical (unpaired) electrons. The Hall–Kier alpha value is -1.72. The molecule has 5 heteroatoms. The van der Waals surface area contributed by atoms with E-state index in [1.54, 1.807) is 11.3 Å². The van der Waals surface area contributed by atoms with E-state index in [1.807, 2.05) is 18.3 Å². The average Bonchev–Trinajstić information content (AvgIpc) is 3.20. The molecule has 4 heterocycles. The summed E-state index contributed by atoms with van der Waals surface area (Å²) in [6.07, 6.45) is 4.35. The average molecular weight is 298 g/mol. The van der Waals surface area contributed by atoms with Crippen molar-refractivity contribution in [1.29, 1.82) is 0 Å².